The number of nitrogens with one attached hydrogen (secondary N) is 1. The molecular weight excluding hydrogens is 284 g/mol. The van der Waals surface area contributed by atoms with E-state index in [1.807, 2.05) is 0 Å². The van der Waals surface area contributed by atoms with Gasteiger partial charge in [0.05, 0.1) is 11.1 Å². The maximum Gasteiger partial charge on any atom is 0.354 e. The van der Waals surface area contributed by atoms with E-state index in [0.29, 0.717) is 10.6 Å². The molecule has 2 aromatic rings. The Bertz CT molecular complexity index is 676. The zero-order valence-corrected chi connectivity index (χ0v) is 10.8. The number of nitro groups is 1. The molecule has 3 N–H and O–H groups in total. The molecule has 0 spiro atoms. The van der Waals surface area contributed by atoms with Gasteiger partial charge in [0.25, 0.3) is 0 Å². The van der Waals surface area contributed by atoms with E-state index in [4.69, 9.17) is 17.3 Å². The van der Waals surface area contributed by atoms with Crippen LogP contribution < -0.4 is 11.2 Å². The highest BCUT2D eigenvalue weighted by molar-refractivity contribution is 6.33. The average molecular weight is 293 g/mol. The van der Waals surface area contributed by atoms with Crippen molar-refractivity contribution in [3.63, 3.8) is 0 Å². The molecule has 1 aromatic carbocycles. The standard InChI is InChI=1S/C11H9ClN6O2/c12-8-4-2-1-3-7(8)5-16-17-11-9(18(19)20)10(13)14-6-15-11/h1-6H,(H3,13,14,15,17)/b16-5+. The van der Waals surface area contributed by atoms with Gasteiger partial charge >= 0.3 is 5.69 Å². The van der Waals surface area contributed by atoms with Gasteiger partial charge < -0.3 is 5.73 Å². The third-order valence-electron chi connectivity index (χ3n) is 2.31. The lowest BCUT2D eigenvalue weighted by molar-refractivity contribution is -0.383. The lowest BCUT2D eigenvalue weighted by Crippen LogP contribution is -2.04. The highest BCUT2D eigenvalue weighted by Gasteiger charge is 2.20. The minimum Gasteiger partial charge on any atom is -0.378 e. The predicted octanol–water partition coefficient (Wildman–Crippen LogP) is 2.07. The summed E-state index contributed by atoms with van der Waals surface area (Å²) in [5.41, 5.74) is 8.10. The van der Waals surface area contributed by atoms with E-state index in [1.165, 1.54) is 6.21 Å². The number of halogens is 1. The largest absolute Gasteiger partial charge is 0.378 e. The first kappa shape index (κ1) is 13.7. The number of aromatic nitrogens is 2. The van der Waals surface area contributed by atoms with Crippen LogP contribution in [0.5, 0.6) is 0 Å². The van der Waals surface area contributed by atoms with E-state index in [-0.39, 0.29) is 11.6 Å². The Kier molecular flexibility index (Phi) is 4.06. The Morgan fingerprint density at radius 1 is 1.40 bits per heavy atom. The summed E-state index contributed by atoms with van der Waals surface area (Å²) in [5, 5.41) is 15.2. The lowest BCUT2D eigenvalue weighted by Gasteiger charge is -2.02. The van der Waals surface area contributed by atoms with Crippen LogP contribution in [0.4, 0.5) is 17.3 Å². The van der Waals surface area contributed by atoms with Crippen molar-refractivity contribution in [2.75, 3.05) is 11.2 Å². The van der Waals surface area contributed by atoms with Gasteiger partial charge in [0.15, 0.2) is 0 Å². The number of hydrogen-bond donors (Lipinski definition) is 2. The van der Waals surface area contributed by atoms with Gasteiger partial charge in [-0.3, -0.25) is 15.5 Å². The second kappa shape index (κ2) is 5.93. The molecule has 0 aliphatic carbocycles. The molecule has 0 amide bonds. The molecule has 0 saturated heterocycles. The quantitative estimate of drug-likeness (QED) is 0.505. The van der Waals surface area contributed by atoms with Crippen molar-refractivity contribution < 1.29 is 4.92 Å². The minimum absolute atomic E-state index is 0.0918. The number of nitrogen functional groups attached to an aromatic ring is 1. The highest BCUT2D eigenvalue weighted by atomic mass is 35.5. The molecule has 0 radical (unpaired) electrons. The Labute approximate surface area is 118 Å². The normalized spacial score (nSPS) is 10.7. The summed E-state index contributed by atoms with van der Waals surface area (Å²) in [6.45, 7) is 0. The van der Waals surface area contributed by atoms with Gasteiger partial charge in [0.2, 0.25) is 11.6 Å². The van der Waals surface area contributed by atoms with E-state index >= 15 is 0 Å². The van der Waals surface area contributed by atoms with E-state index in [0.717, 1.165) is 6.33 Å². The van der Waals surface area contributed by atoms with Crippen molar-refractivity contribution in [1.29, 1.82) is 0 Å². The molecule has 102 valence electrons. The smallest absolute Gasteiger partial charge is 0.354 e. The summed E-state index contributed by atoms with van der Waals surface area (Å²) in [7, 11) is 0. The Morgan fingerprint density at radius 3 is 2.85 bits per heavy atom. The molecule has 0 atom stereocenters. The fraction of sp³-hybridized carbons (Fsp3) is 0. The number of anilines is 2. The van der Waals surface area contributed by atoms with Crippen molar-refractivity contribution in [3.8, 4) is 0 Å². The van der Waals surface area contributed by atoms with Gasteiger partial charge in [-0.25, -0.2) is 9.97 Å². The van der Waals surface area contributed by atoms with Gasteiger partial charge in [-0.15, -0.1) is 0 Å². The van der Waals surface area contributed by atoms with Gasteiger partial charge in [-0.1, -0.05) is 29.8 Å². The van der Waals surface area contributed by atoms with Crippen LogP contribution in [0.15, 0.2) is 35.7 Å². The summed E-state index contributed by atoms with van der Waals surface area (Å²) < 4.78 is 0. The van der Waals surface area contributed by atoms with Crippen LogP contribution in [0.3, 0.4) is 0 Å². The molecule has 20 heavy (non-hydrogen) atoms. The summed E-state index contributed by atoms with van der Waals surface area (Å²) in [5.74, 6) is -0.328. The third kappa shape index (κ3) is 2.98. The minimum atomic E-state index is -0.678. The van der Waals surface area contributed by atoms with Crippen LogP contribution in [0.2, 0.25) is 5.02 Å². The second-order valence-corrected chi connectivity index (χ2v) is 4.01. The van der Waals surface area contributed by atoms with Gasteiger partial charge in [0.1, 0.15) is 6.33 Å². The highest BCUT2D eigenvalue weighted by Crippen LogP contribution is 2.26. The molecule has 0 aliphatic rings. The number of hydrogen-bond acceptors (Lipinski definition) is 7. The molecular formula is C11H9ClN6O2. The van der Waals surface area contributed by atoms with Crippen LogP contribution in [-0.4, -0.2) is 21.1 Å². The number of nitrogens with two attached hydrogens (primary N) is 1. The van der Waals surface area contributed by atoms with Crippen LogP contribution in [0.1, 0.15) is 5.56 Å². The van der Waals surface area contributed by atoms with Gasteiger partial charge in [-0.2, -0.15) is 5.10 Å². The number of nitrogens with zero attached hydrogens (tertiary/aromatic N) is 4. The van der Waals surface area contributed by atoms with Crippen molar-refractivity contribution in [3.05, 3.63) is 51.3 Å². The summed E-state index contributed by atoms with van der Waals surface area (Å²) >= 11 is 5.94. The monoisotopic (exact) mass is 292 g/mol. The molecule has 0 saturated carbocycles. The Balaban J connectivity index is 2.22. The van der Waals surface area contributed by atoms with E-state index < -0.39 is 10.6 Å². The molecule has 0 bridgehead atoms. The van der Waals surface area contributed by atoms with Crippen LogP contribution in [0, 0.1) is 10.1 Å². The summed E-state index contributed by atoms with van der Waals surface area (Å²) in [6.07, 6.45) is 2.53. The zero-order chi connectivity index (χ0) is 14.5. The summed E-state index contributed by atoms with van der Waals surface area (Å²) in [4.78, 5) is 17.5. The fourth-order valence-electron chi connectivity index (χ4n) is 1.40. The first-order chi connectivity index (χ1) is 9.59. The Hall–Kier alpha value is -2.74. The predicted molar refractivity (Wildman–Crippen MR) is 75.8 cm³/mol. The molecule has 8 nitrogen and oxygen atoms in total. The molecule has 2 rings (SSSR count). The maximum absolute atomic E-state index is 10.9. The average Bonchev–Trinajstić information content (AvgIpc) is 2.40. The number of hydrazone groups is 1. The molecule has 1 aromatic heterocycles. The first-order valence-electron chi connectivity index (χ1n) is 5.38. The molecule has 9 heteroatoms. The fourth-order valence-corrected chi connectivity index (χ4v) is 1.58. The van der Waals surface area contributed by atoms with Gasteiger partial charge in [0, 0.05) is 10.6 Å². The molecule has 0 unspecified atom stereocenters. The molecule has 0 aliphatic heterocycles. The summed E-state index contributed by atoms with van der Waals surface area (Å²) in [6, 6.07) is 7.02. The van der Waals surface area contributed by atoms with E-state index in [2.05, 4.69) is 20.5 Å². The SMILES string of the molecule is Nc1ncnc(N/N=C/c2ccccc2Cl)c1[N+](=O)[O-]. The third-order valence-corrected chi connectivity index (χ3v) is 2.66. The van der Waals surface area contributed by atoms with Gasteiger partial charge in [-0.05, 0) is 6.07 Å². The first-order valence-corrected chi connectivity index (χ1v) is 5.76. The topological polar surface area (TPSA) is 119 Å². The molecule has 0 fully saturated rings. The Morgan fingerprint density at radius 2 is 2.15 bits per heavy atom. The van der Waals surface area contributed by atoms with Crippen LogP contribution in [0.25, 0.3) is 0 Å². The van der Waals surface area contributed by atoms with Crippen molar-refractivity contribution in [1.82, 2.24) is 9.97 Å². The van der Waals surface area contributed by atoms with Crippen molar-refractivity contribution >= 4 is 35.1 Å². The zero-order valence-electron chi connectivity index (χ0n) is 10.0. The molecule has 1 heterocycles. The number of rotatable bonds is 4. The van der Waals surface area contributed by atoms with E-state index in [1.54, 1.807) is 24.3 Å². The van der Waals surface area contributed by atoms with Crippen LogP contribution >= 0.6 is 11.6 Å². The second-order valence-electron chi connectivity index (χ2n) is 3.60. The van der Waals surface area contributed by atoms with Crippen molar-refractivity contribution in [2.24, 2.45) is 5.10 Å². The number of benzene rings is 1. The van der Waals surface area contributed by atoms with Crippen molar-refractivity contribution in [2.45, 2.75) is 0 Å². The van der Waals surface area contributed by atoms with Crippen LogP contribution in [-0.2, 0) is 0 Å². The lowest BCUT2D eigenvalue weighted by atomic mass is 10.2. The van der Waals surface area contributed by atoms with E-state index in [9.17, 15) is 10.1 Å². The maximum atomic E-state index is 10.9.